The van der Waals surface area contributed by atoms with Gasteiger partial charge in [-0.15, -0.1) is 0 Å². The van der Waals surface area contributed by atoms with Crippen LogP contribution in [-0.2, 0) is 0 Å². The second-order valence-electron chi connectivity index (χ2n) is 6.71. The number of phenolic OH excluding ortho intramolecular Hbond substituents is 1. The predicted molar refractivity (Wildman–Crippen MR) is 114 cm³/mol. The van der Waals surface area contributed by atoms with Crippen molar-refractivity contribution in [3.8, 4) is 17.2 Å². The van der Waals surface area contributed by atoms with Crippen molar-refractivity contribution in [1.29, 1.82) is 0 Å². The van der Waals surface area contributed by atoms with Gasteiger partial charge in [-0.25, -0.2) is 9.78 Å². The van der Waals surface area contributed by atoms with E-state index in [1.807, 2.05) is 6.07 Å². The average molecular weight is 415 g/mol. The number of nitro groups is 1. The van der Waals surface area contributed by atoms with Crippen LogP contribution in [0.2, 0.25) is 0 Å². The Morgan fingerprint density at radius 3 is 2.48 bits per heavy atom. The number of hydrogen-bond acceptors (Lipinski definition) is 8. The molecule has 0 bridgehead atoms. The molecular weight excluding hydrogens is 402 g/mol. The van der Waals surface area contributed by atoms with Crippen LogP contribution >= 0.6 is 0 Å². The summed E-state index contributed by atoms with van der Waals surface area (Å²) >= 11 is 0. The molecule has 0 fully saturated rings. The van der Waals surface area contributed by atoms with E-state index in [0.29, 0.717) is 22.2 Å². The number of nitrogens with zero attached hydrogens (tertiary/aromatic N) is 2. The Hall–Kier alpha value is -4.66. The van der Waals surface area contributed by atoms with Gasteiger partial charge in [0, 0.05) is 11.1 Å². The fourth-order valence-electron chi connectivity index (χ4n) is 3.35. The molecule has 2 N–H and O–H groups in total. The van der Waals surface area contributed by atoms with E-state index in [1.54, 1.807) is 42.5 Å². The summed E-state index contributed by atoms with van der Waals surface area (Å²) in [5.74, 6) is 0.110. The first kappa shape index (κ1) is 18.4. The molecule has 2 heterocycles. The number of oxazole rings is 1. The van der Waals surface area contributed by atoms with Crippen molar-refractivity contribution >= 4 is 39.1 Å². The molecule has 5 rings (SSSR count). The highest BCUT2D eigenvalue weighted by molar-refractivity contribution is 5.96. The van der Waals surface area contributed by atoms with E-state index in [4.69, 9.17) is 8.83 Å². The number of anilines is 2. The molecule has 9 nitrogen and oxygen atoms in total. The third-order valence-corrected chi connectivity index (χ3v) is 4.76. The van der Waals surface area contributed by atoms with Crippen LogP contribution < -0.4 is 10.9 Å². The number of benzene rings is 3. The van der Waals surface area contributed by atoms with Crippen molar-refractivity contribution in [3.05, 3.63) is 87.3 Å². The van der Waals surface area contributed by atoms with Crippen molar-refractivity contribution < 1.29 is 18.9 Å². The molecule has 152 valence electrons. The van der Waals surface area contributed by atoms with Crippen molar-refractivity contribution in [2.45, 2.75) is 0 Å². The van der Waals surface area contributed by atoms with Gasteiger partial charge >= 0.3 is 11.3 Å². The highest BCUT2D eigenvalue weighted by Gasteiger charge is 2.25. The molecule has 0 atom stereocenters. The van der Waals surface area contributed by atoms with Crippen molar-refractivity contribution in [3.63, 3.8) is 0 Å². The summed E-state index contributed by atoms with van der Waals surface area (Å²) in [6.07, 6.45) is 0. The number of rotatable bonds is 4. The van der Waals surface area contributed by atoms with E-state index < -0.39 is 16.2 Å². The van der Waals surface area contributed by atoms with Crippen LogP contribution in [0.3, 0.4) is 0 Å². The summed E-state index contributed by atoms with van der Waals surface area (Å²) in [4.78, 5) is 27.4. The van der Waals surface area contributed by atoms with Crippen LogP contribution in [0.4, 0.5) is 17.1 Å². The quantitative estimate of drug-likeness (QED) is 0.182. The SMILES string of the molecule is O=c1oc2ccccc2c(Nc2ccc(O)c(-c3nc4ccccc4o3)c2)c1[N+](=O)[O-]. The molecule has 0 radical (unpaired) electrons. The Labute approximate surface area is 173 Å². The van der Waals surface area contributed by atoms with Gasteiger partial charge < -0.3 is 19.3 Å². The van der Waals surface area contributed by atoms with Gasteiger partial charge in [0.25, 0.3) is 0 Å². The van der Waals surface area contributed by atoms with Gasteiger partial charge in [-0.1, -0.05) is 24.3 Å². The number of aromatic hydroxyl groups is 1. The minimum absolute atomic E-state index is 0.00828. The van der Waals surface area contributed by atoms with Crippen LogP contribution in [0.1, 0.15) is 0 Å². The van der Waals surface area contributed by atoms with Crippen LogP contribution in [0.15, 0.2) is 80.4 Å². The van der Waals surface area contributed by atoms with Crippen molar-refractivity contribution in [2.24, 2.45) is 0 Å². The normalized spacial score (nSPS) is 11.1. The lowest BCUT2D eigenvalue weighted by molar-refractivity contribution is -0.386. The minimum atomic E-state index is -1.07. The number of para-hydroxylation sites is 3. The van der Waals surface area contributed by atoms with Gasteiger partial charge in [0.15, 0.2) is 5.58 Å². The minimum Gasteiger partial charge on any atom is -0.507 e. The highest BCUT2D eigenvalue weighted by atomic mass is 16.6. The Morgan fingerprint density at radius 2 is 1.71 bits per heavy atom. The summed E-state index contributed by atoms with van der Waals surface area (Å²) in [6.45, 7) is 0. The maximum Gasteiger partial charge on any atom is 0.417 e. The molecule has 3 aromatic carbocycles. The van der Waals surface area contributed by atoms with E-state index in [0.717, 1.165) is 0 Å². The Morgan fingerprint density at radius 1 is 0.968 bits per heavy atom. The molecule has 31 heavy (non-hydrogen) atoms. The molecule has 0 spiro atoms. The van der Waals surface area contributed by atoms with Crippen LogP contribution in [-0.4, -0.2) is 15.0 Å². The molecule has 0 amide bonds. The molecule has 0 unspecified atom stereocenters. The maximum absolute atomic E-state index is 12.2. The molecule has 5 aromatic rings. The Bertz CT molecular complexity index is 1500. The maximum atomic E-state index is 12.2. The predicted octanol–water partition coefficient (Wildman–Crippen LogP) is 4.96. The fraction of sp³-hybridized carbons (Fsp3) is 0. The van der Waals surface area contributed by atoms with E-state index in [2.05, 4.69) is 10.3 Å². The van der Waals surface area contributed by atoms with Crippen molar-refractivity contribution in [1.82, 2.24) is 4.98 Å². The molecular formula is C22H13N3O6. The van der Waals surface area contributed by atoms with Gasteiger partial charge in [-0.2, -0.15) is 0 Å². The first-order chi connectivity index (χ1) is 15.0. The molecule has 2 aromatic heterocycles. The highest BCUT2D eigenvalue weighted by Crippen LogP contribution is 2.37. The standard InChI is InChI=1S/C22H13N3O6/c26-16-10-9-12(11-14(16)21-24-15-6-2-4-8-18(15)30-21)23-19-13-5-1-3-7-17(13)31-22(27)20(19)25(28)29/h1-11,23,26H. The van der Waals surface area contributed by atoms with E-state index in [9.17, 15) is 20.0 Å². The third-order valence-electron chi connectivity index (χ3n) is 4.76. The summed E-state index contributed by atoms with van der Waals surface area (Å²) in [5.41, 5.74) is 0.268. The van der Waals surface area contributed by atoms with Gasteiger partial charge in [0.2, 0.25) is 5.89 Å². The van der Waals surface area contributed by atoms with Crippen LogP contribution in [0, 0.1) is 10.1 Å². The molecule has 0 aliphatic heterocycles. The molecule has 0 aliphatic rings. The first-order valence-corrected chi connectivity index (χ1v) is 9.17. The fourth-order valence-corrected chi connectivity index (χ4v) is 3.35. The number of nitrogens with one attached hydrogen (secondary N) is 1. The van der Waals surface area contributed by atoms with E-state index in [-0.39, 0.29) is 28.5 Å². The second kappa shape index (κ2) is 6.99. The zero-order chi connectivity index (χ0) is 21.5. The average Bonchev–Trinajstić information content (AvgIpc) is 3.18. The van der Waals surface area contributed by atoms with E-state index in [1.165, 1.54) is 18.2 Å². The summed E-state index contributed by atoms with van der Waals surface area (Å²) < 4.78 is 10.8. The van der Waals surface area contributed by atoms with Crippen molar-refractivity contribution in [2.75, 3.05) is 5.32 Å². The lowest BCUT2D eigenvalue weighted by Crippen LogP contribution is -2.10. The van der Waals surface area contributed by atoms with Gasteiger partial charge in [-0.05, 0) is 42.5 Å². The topological polar surface area (TPSA) is 132 Å². The lowest BCUT2D eigenvalue weighted by atomic mass is 10.1. The molecule has 0 saturated heterocycles. The first-order valence-electron chi connectivity index (χ1n) is 9.17. The summed E-state index contributed by atoms with van der Waals surface area (Å²) in [6, 6.07) is 18.1. The lowest BCUT2D eigenvalue weighted by Gasteiger charge is -2.11. The smallest absolute Gasteiger partial charge is 0.417 e. The molecule has 9 heteroatoms. The third kappa shape index (κ3) is 3.14. The Kier molecular flexibility index (Phi) is 4.14. The number of hydrogen-bond donors (Lipinski definition) is 2. The van der Waals surface area contributed by atoms with E-state index >= 15 is 0 Å². The van der Waals surface area contributed by atoms with Gasteiger partial charge in [0.05, 0.1) is 10.5 Å². The molecule has 0 saturated carbocycles. The second-order valence-corrected chi connectivity index (χ2v) is 6.71. The molecule has 0 aliphatic carbocycles. The number of phenols is 1. The summed E-state index contributed by atoms with van der Waals surface area (Å²) in [7, 11) is 0. The summed E-state index contributed by atoms with van der Waals surface area (Å²) in [5, 5.41) is 25.2. The monoisotopic (exact) mass is 415 g/mol. The number of fused-ring (bicyclic) bond motifs is 2. The zero-order valence-electron chi connectivity index (χ0n) is 15.7. The Balaban J connectivity index is 1.65. The van der Waals surface area contributed by atoms with Gasteiger partial charge in [-0.3, -0.25) is 10.1 Å². The van der Waals surface area contributed by atoms with Crippen LogP contribution in [0.5, 0.6) is 5.75 Å². The zero-order valence-corrected chi connectivity index (χ0v) is 15.7. The van der Waals surface area contributed by atoms with Crippen LogP contribution in [0.25, 0.3) is 33.5 Å². The number of aromatic nitrogens is 1. The van der Waals surface area contributed by atoms with Gasteiger partial charge in [0.1, 0.15) is 22.5 Å². The largest absolute Gasteiger partial charge is 0.507 e.